The molecule has 0 aliphatic heterocycles. The van der Waals surface area contributed by atoms with Crippen molar-refractivity contribution in [3.8, 4) is 0 Å². The Labute approximate surface area is 116 Å². The number of ether oxygens (including phenoxy) is 1. The normalized spacial score (nSPS) is 10.5. The van der Waals surface area contributed by atoms with Crippen molar-refractivity contribution in [3.05, 3.63) is 35.0 Å². The molecule has 2 rings (SSSR count). The fraction of sp³-hybridized carbons (Fsp3) is 0.286. The zero-order chi connectivity index (χ0) is 14.0. The molecule has 100 valence electrons. The summed E-state index contributed by atoms with van der Waals surface area (Å²) in [7, 11) is 5.29. The molecule has 5 heteroatoms. The molecule has 0 radical (unpaired) electrons. The lowest BCUT2D eigenvalue weighted by Gasteiger charge is -2.13. The molecule has 0 N–H and O–H groups in total. The van der Waals surface area contributed by atoms with Crippen LogP contribution in [0.15, 0.2) is 24.3 Å². The maximum Gasteiger partial charge on any atom is 0.311 e. The first-order valence-electron chi connectivity index (χ1n) is 5.84. The largest absolute Gasteiger partial charge is 0.469 e. The Morgan fingerprint density at radius 2 is 2.11 bits per heavy atom. The molecule has 0 aliphatic rings. The summed E-state index contributed by atoms with van der Waals surface area (Å²) in [5, 5.41) is 1.47. The maximum absolute atomic E-state index is 11.3. The maximum atomic E-state index is 11.3. The average molecular weight is 279 g/mol. The van der Waals surface area contributed by atoms with Crippen LogP contribution in [0.25, 0.3) is 10.9 Å². The van der Waals surface area contributed by atoms with E-state index in [1.54, 1.807) is 6.07 Å². The number of rotatable bonds is 3. The number of anilines is 1. The predicted molar refractivity (Wildman–Crippen MR) is 76.8 cm³/mol. The highest BCUT2D eigenvalue weighted by Crippen LogP contribution is 2.27. The molecule has 1 aromatic carbocycles. The Bertz CT molecular complexity index is 626. The Morgan fingerprint density at radius 1 is 1.37 bits per heavy atom. The number of hydrogen-bond donors (Lipinski definition) is 0. The summed E-state index contributed by atoms with van der Waals surface area (Å²) in [6.07, 6.45) is 0.127. The van der Waals surface area contributed by atoms with Crippen LogP contribution in [0.4, 0.5) is 5.69 Å². The minimum atomic E-state index is -0.326. The van der Waals surface area contributed by atoms with Gasteiger partial charge in [0.05, 0.1) is 29.8 Å². The average Bonchev–Trinajstić information content (AvgIpc) is 2.38. The van der Waals surface area contributed by atoms with Gasteiger partial charge in [-0.2, -0.15) is 0 Å². The van der Waals surface area contributed by atoms with Crippen molar-refractivity contribution >= 4 is 34.2 Å². The van der Waals surface area contributed by atoms with E-state index >= 15 is 0 Å². The van der Waals surface area contributed by atoms with E-state index in [4.69, 9.17) is 11.6 Å². The number of fused-ring (bicyclic) bond motifs is 1. The first kappa shape index (κ1) is 13.6. The molecule has 0 saturated carbocycles. The number of carbonyl (C=O) groups is 1. The molecule has 2 aromatic rings. The second-order valence-corrected chi connectivity index (χ2v) is 4.85. The summed E-state index contributed by atoms with van der Waals surface area (Å²) in [5.74, 6) is -0.326. The van der Waals surface area contributed by atoms with Crippen LogP contribution in [-0.2, 0) is 16.0 Å². The third-order valence-corrected chi connectivity index (χ3v) is 3.18. The van der Waals surface area contributed by atoms with Gasteiger partial charge in [-0.25, -0.2) is 0 Å². The summed E-state index contributed by atoms with van der Waals surface area (Å²) in [4.78, 5) is 17.7. The van der Waals surface area contributed by atoms with E-state index in [0.29, 0.717) is 10.7 Å². The molecule has 1 aromatic heterocycles. The minimum Gasteiger partial charge on any atom is -0.469 e. The Kier molecular flexibility index (Phi) is 3.90. The number of pyridine rings is 1. The standard InChI is InChI=1S/C14H15ClN2O2/c1-17(2)10-4-5-13-11(8-10)12(15)6-9(16-13)7-14(18)19-3/h4-6,8H,7H2,1-3H3. The third kappa shape index (κ3) is 2.96. The molecule has 0 spiro atoms. The van der Waals surface area contributed by atoms with Gasteiger partial charge in [-0.3, -0.25) is 9.78 Å². The van der Waals surface area contributed by atoms with Crippen molar-refractivity contribution in [2.75, 3.05) is 26.1 Å². The smallest absolute Gasteiger partial charge is 0.311 e. The van der Waals surface area contributed by atoms with E-state index in [2.05, 4.69) is 9.72 Å². The van der Waals surface area contributed by atoms with Crippen LogP contribution in [0.1, 0.15) is 5.69 Å². The lowest BCUT2D eigenvalue weighted by molar-refractivity contribution is -0.139. The molecule has 0 bridgehead atoms. The number of nitrogens with zero attached hydrogens (tertiary/aromatic N) is 2. The monoisotopic (exact) mass is 278 g/mol. The lowest BCUT2D eigenvalue weighted by atomic mass is 10.1. The molecule has 0 unspecified atom stereocenters. The Hall–Kier alpha value is -1.81. The van der Waals surface area contributed by atoms with Crippen LogP contribution >= 0.6 is 11.6 Å². The molecule has 0 fully saturated rings. The highest BCUT2D eigenvalue weighted by molar-refractivity contribution is 6.35. The number of halogens is 1. The topological polar surface area (TPSA) is 42.4 Å². The zero-order valence-corrected chi connectivity index (χ0v) is 11.9. The second kappa shape index (κ2) is 5.45. The van der Waals surface area contributed by atoms with Gasteiger partial charge in [0.25, 0.3) is 0 Å². The Morgan fingerprint density at radius 3 is 2.74 bits per heavy atom. The van der Waals surface area contributed by atoms with Crippen LogP contribution in [0.5, 0.6) is 0 Å². The number of carbonyl (C=O) groups excluding carboxylic acids is 1. The Balaban J connectivity index is 2.47. The molecule has 1 heterocycles. The van der Waals surface area contributed by atoms with E-state index in [0.717, 1.165) is 16.6 Å². The van der Waals surface area contributed by atoms with Crippen LogP contribution < -0.4 is 4.90 Å². The number of methoxy groups -OCH3 is 1. The van der Waals surface area contributed by atoms with E-state index < -0.39 is 0 Å². The first-order chi connectivity index (χ1) is 9.01. The lowest BCUT2D eigenvalue weighted by Crippen LogP contribution is -2.09. The van der Waals surface area contributed by atoms with Crippen LogP contribution in [0, 0.1) is 0 Å². The van der Waals surface area contributed by atoms with Crippen molar-refractivity contribution in [3.63, 3.8) is 0 Å². The van der Waals surface area contributed by atoms with Crippen LogP contribution in [0.2, 0.25) is 5.02 Å². The summed E-state index contributed by atoms with van der Waals surface area (Å²) in [5.41, 5.74) is 2.44. The molecule has 0 atom stereocenters. The molecule has 0 saturated heterocycles. The summed E-state index contributed by atoms with van der Waals surface area (Å²) in [6, 6.07) is 7.55. The van der Waals surface area contributed by atoms with Gasteiger partial charge in [-0.1, -0.05) is 11.6 Å². The molecule has 0 amide bonds. The van der Waals surface area contributed by atoms with Crippen molar-refractivity contribution in [2.24, 2.45) is 0 Å². The summed E-state index contributed by atoms with van der Waals surface area (Å²) in [6.45, 7) is 0. The fourth-order valence-corrected chi connectivity index (χ4v) is 2.09. The highest BCUT2D eigenvalue weighted by atomic mass is 35.5. The minimum absolute atomic E-state index is 0.127. The van der Waals surface area contributed by atoms with Gasteiger partial charge in [0.15, 0.2) is 0 Å². The van der Waals surface area contributed by atoms with Crippen molar-refractivity contribution in [1.29, 1.82) is 0 Å². The SMILES string of the molecule is COC(=O)Cc1cc(Cl)c2cc(N(C)C)ccc2n1. The van der Waals surface area contributed by atoms with Gasteiger partial charge in [0.2, 0.25) is 0 Å². The molecule has 4 nitrogen and oxygen atoms in total. The van der Waals surface area contributed by atoms with Crippen molar-refractivity contribution in [1.82, 2.24) is 4.98 Å². The van der Waals surface area contributed by atoms with Crippen molar-refractivity contribution < 1.29 is 9.53 Å². The van der Waals surface area contributed by atoms with E-state index in [1.165, 1.54) is 7.11 Å². The summed E-state index contributed by atoms with van der Waals surface area (Å²) >= 11 is 6.25. The van der Waals surface area contributed by atoms with Gasteiger partial charge < -0.3 is 9.64 Å². The van der Waals surface area contributed by atoms with Crippen LogP contribution in [0.3, 0.4) is 0 Å². The van der Waals surface area contributed by atoms with Gasteiger partial charge >= 0.3 is 5.97 Å². The van der Waals surface area contributed by atoms with Gasteiger partial charge in [0.1, 0.15) is 0 Å². The highest BCUT2D eigenvalue weighted by Gasteiger charge is 2.09. The van der Waals surface area contributed by atoms with Crippen molar-refractivity contribution in [2.45, 2.75) is 6.42 Å². The van der Waals surface area contributed by atoms with Gasteiger partial charge in [-0.15, -0.1) is 0 Å². The van der Waals surface area contributed by atoms with Gasteiger partial charge in [-0.05, 0) is 24.3 Å². The van der Waals surface area contributed by atoms with E-state index in [-0.39, 0.29) is 12.4 Å². The molecule has 19 heavy (non-hydrogen) atoms. The number of benzene rings is 1. The molecule has 0 aliphatic carbocycles. The van der Waals surface area contributed by atoms with E-state index in [1.807, 2.05) is 37.2 Å². The second-order valence-electron chi connectivity index (χ2n) is 4.44. The molecular weight excluding hydrogens is 264 g/mol. The van der Waals surface area contributed by atoms with E-state index in [9.17, 15) is 4.79 Å². The molecular formula is C14H15ClN2O2. The number of hydrogen-bond acceptors (Lipinski definition) is 4. The predicted octanol–water partition coefficient (Wildman–Crippen LogP) is 2.67. The van der Waals surface area contributed by atoms with Crippen LogP contribution in [-0.4, -0.2) is 32.2 Å². The third-order valence-electron chi connectivity index (χ3n) is 2.86. The quantitative estimate of drug-likeness (QED) is 0.810. The zero-order valence-electron chi connectivity index (χ0n) is 11.1. The number of aromatic nitrogens is 1. The summed E-state index contributed by atoms with van der Waals surface area (Å²) < 4.78 is 4.63. The first-order valence-corrected chi connectivity index (χ1v) is 6.22. The number of esters is 1. The van der Waals surface area contributed by atoms with Gasteiger partial charge in [0, 0.05) is 25.2 Å². The fourth-order valence-electron chi connectivity index (χ4n) is 1.81.